The zero-order valence-corrected chi connectivity index (χ0v) is 11.6. The summed E-state index contributed by atoms with van der Waals surface area (Å²) in [6.07, 6.45) is 1.08. The quantitative estimate of drug-likeness (QED) is 0.697. The lowest BCUT2D eigenvalue weighted by molar-refractivity contribution is 0.932. The second-order valence-electron chi connectivity index (χ2n) is 4.71. The van der Waals surface area contributed by atoms with E-state index in [2.05, 4.69) is 71.6 Å². The third-order valence-corrected chi connectivity index (χ3v) is 3.70. The van der Waals surface area contributed by atoms with Crippen LogP contribution in [0.5, 0.6) is 0 Å². The molecule has 2 atom stereocenters. The maximum Gasteiger partial charge on any atom is 0.00257 e. The Hall–Kier alpha value is -1.13. The van der Waals surface area contributed by atoms with Crippen LogP contribution in [0.2, 0.25) is 0 Å². The van der Waals surface area contributed by atoms with Crippen LogP contribution in [0.15, 0.2) is 48.5 Å². The van der Waals surface area contributed by atoms with E-state index < -0.39 is 0 Å². The van der Waals surface area contributed by atoms with Gasteiger partial charge in [-0.3, -0.25) is 0 Å². The van der Waals surface area contributed by atoms with Gasteiger partial charge in [-0.1, -0.05) is 59.7 Å². The van der Waals surface area contributed by atoms with Gasteiger partial charge in [0.05, 0.1) is 0 Å². The van der Waals surface area contributed by atoms with Gasteiger partial charge in [-0.2, -0.15) is 0 Å². The molecule has 0 saturated heterocycles. The van der Waals surface area contributed by atoms with Crippen molar-refractivity contribution in [3.63, 3.8) is 0 Å². The normalized spacial score (nSPS) is 12.4. The van der Waals surface area contributed by atoms with Crippen LogP contribution in [0, 0.1) is 13.8 Å². The van der Waals surface area contributed by atoms with E-state index in [0.717, 1.165) is 6.42 Å². The Morgan fingerprint density at radius 3 is 1.82 bits per heavy atom. The molecule has 0 radical (unpaired) electrons. The van der Waals surface area contributed by atoms with Crippen LogP contribution in [-0.4, -0.2) is 0 Å². The van der Waals surface area contributed by atoms with Crippen molar-refractivity contribution < 1.29 is 0 Å². The Labute approximate surface area is 106 Å². The second kappa shape index (κ2) is 5.47. The molecule has 0 amide bonds. The largest absolute Gasteiger partial charge is 0.129 e. The highest BCUT2D eigenvalue weighted by Gasteiger charge is 2.06. The summed E-state index contributed by atoms with van der Waals surface area (Å²) in [7, 11) is 2.95. The van der Waals surface area contributed by atoms with Crippen LogP contribution in [0.4, 0.5) is 0 Å². The highest BCUT2D eigenvalue weighted by molar-refractivity contribution is 7.17. The topological polar surface area (TPSA) is 0 Å². The third-order valence-electron chi connectivity index (χ3n) is 3.08. The van der Waals surface area contributed by atoms with Gasteiger partial charge in [0, 0.05) is 5.66 Å². The molecule has 0 nitrogen and oxygen atoms in total. The van der Waals surface area contributed by atoms with E-state index in [0.29, 0.717) is 5.66 Å². The summed E-state index contributed by atoms with van der Waals surface area (Å²) in [6.45, 7) is 4.25. The van der Waals surface area contributed by atoms with Gasteiger partial charge in [0.2, 0.25) is 0 Å². The summed E-state index contributed by atoms with van der Waals surface area (Å²) in [5.74, 6) is 0. The Morgan fingerprint density at radius 2 is 1.29 bits per heavy atom. The van der Waals surface area contributed by atoms with Crippen LogP contribution in [0.3, 0.4) is 0 Å². The fraction of sp³-hybridized carbons (Fsp3) is 0.250. The van der Waals surface area contributed by atoms with Gasteiger partial charge < -0.3 is 0 Å². The Kier molecular flexibility index (Phi) is 3.97. The van der Waals surface area contributed by atoms with Crippen LogP contribution >= 0.6 is 9.24 Å². The molecule has 88 valence electrons. The molecule has 17 heavy (non-hydrogen) atoms. The molecule has 0 aliphatic carbocycles. The highest BCUT2D eigenvalue weighted by Crippen LogP contribution is 2.27. The number of hydrogen-bond donors (Lipinski definition) is 0. The number of benzene rings is 2. The minimum atomic E-state index is 0.498. The average molecular weight is 242 g/mol. The monoisotopic (exact) mass is 242 g/mol. The first kappa shape index (κ1) is 12.3. The first-order valence-electron chi connectivity index (χ1n) is 6.03. The lowest BCUT2D eigenvalue weighted by atomic mass is 10.0. The molecule has 0 fully saturated rings. The molecule has 0 heterocycles. The van der Waals surface area contributed by atoms with Crippen LogP contribution in [-0.2, 0) is 6.42 Å². The van der Waals surface area contributed by atoms with E-state index in [4.69, 9.17) is 0 Å². The molecule has 0 N–H and O–H groups in total. The van der Waals surface area contributed by atoms with Crippen molar-refractivity contribution in [2.24, 2.45) is 0 Å². The lowest BCUT2D eigenvalue weighted by Gasteiger charge is -2.12. The Morgan fingerprint density at radius 1 is 0.824 bits per heavy atom. The standard InChI is InChI=1S/C16H19P/c1-12-3-7-14(8-4-12)11-16(17)15-9-5-13(2)6-10-15/h3-10,16H,11,17H2,1-2H3. The first-order valence-corrected chi connectivity index (χ1v) is 6.69. The fourth-order valence-electron chi connectivity index (χ4n) is 1.91. The summed E-state index contributed by atoms with van der Waals surface area (Å²) in [4.78, 5) is 0. The number of rotatable bonds is 3. The Balaban J connectivity index is 2.08. The van der Waals surface area contributed by atoms with E-state index in [1.54, 1.807) is 0 Å². The summed E-state index contributed by atoms with van der Waals surface area (Å²) in [5.41, 5.74) is 5.93. The minimum absolute atomic E-state index is 0.498. The van der Waals surface area contributed by atoms with Crippen LogP contribution in [0.25, 0.3) is 0 Å². The van der Waals surface area contributed by atoms with E-state index in [-0.39, 0.29) is 0 Å². The molecule has 0 bridgehead atoms. The molecule has 0 saturated carbocycles. The van der Waals surface area contributed by atoms with Crippen molar-refractivity contribution >= 4 is 9.24 Å². The average Bonchev–Trinajstić information content (AvgIpc) is 2.33. The highest BCUT2D eigenvalue weighted by atomic mass is 31.0. The van der Waals surface area contributed by atoms with Crippen molar-refractivity contribution in [1.82, 2.24) is 0 Å². The van der Waals surface area contributed by atoms with Gasteiger partial charge in [-0.15, -0.1) is 9.24 Å². The van der Waals surface area contributed by atoms with Crippen molar-refractivity contribution in [3.8, 4) is 0 Å². The Bertz CT molecular complexity index is 468. The lowest BCUT2D eigenvalue weighted by Crippen LogP contribution is -1.95. The minimum Gasteiger partial charge on any atom is -0.129 e. The van der Waals surface area contributed by atoms with E-state index >= 15 is 0 Å². The van der Waals surface area contributed by atoms with E-state index in [1.807, 2.05) is 0 Å². The van der Waals surface area contributed by atoms with Crippen LogP contribution < -0.4 is 0 Å². The molecule has 0 aliphatic heterocycles. The molecule has 2 aromatic rings. The molecule has 0 spiro atoms. The van der Waals surface area contributed by atoms with Gasteiger partial charge in [0.25, 0.3) is 0 Å². The van der Waals surface area contributed by atoms with Crippen LogP contribution in [0.1, 0.15) is 27.9 Å². The van der Waals surface area contributed by atoms with E-state index in [9.17, 15) is 0 Å². The zero-order valence-electron chi connectivity index (χ0n) is 10.5. The van der Waals surface area contributed by atoms with Crippen molar-refractivity contribution in [2.45, 2.75) is 25.9 Å². The van der Waals surface area contributed by atoms with Gasteiger partial charge >= 0.3 is 0 Å². The second-order valence-corrected chi connectivity index (χ2v) is 5.51. The molecule has 0 aliphatic rings. The zero-order chi connectivity index (χ0) is 12.3. The molecule has 2 aromatic carbocycles. The number of hydrogen-bond acceptors (Lipinski definition) is 0. The van der Waals surface area contributed by atoms with Crippen molar-refractivity contribution in [2.75, 3.05) is 0 Å². The van der Waals surface area contributed by atoms with Gasteiger partial charge in [0.1, 0.15) is 0 Å². The van der Waals surface area contributed by atoms with Gasteiger partial charge in [0.15, 0.2) is 0 Å². The third kappa shape index (κ3) is 3.41. The van der Waals surface area contributed by atoms with Gasteiger partial charge in [-0.05, 0) is 31.4 Å². The first-order chi connectivity index (χ1) is 8.15. The summed E-state index contributed by atoms with van der Waals surface area (Å²) >= 11 is 0. The fourth-order valence-corrected chi connectivity index (χ4v) is 2.40. The molecule has 0 aromatic heterocycles. The maximum atomic E-state index is 2.95. The summed E-state index contributed by atoms with van der Waals surface area (Å²) in [5, 5.41) is 0. The molecule has 2 rings (SSSR count). The molecular weight excluding hydrogens is 223 g/mol. The SMILES string of the molecule is Cc1ccc(CC(P)c2ccc(C)cc2)cc1. The summed E-state index contributed by atoms with van der Waals surface area (Å²) in [6, 6.07) is 17.6. The molecule has 1 heteroatoms. The molecule has 2 unspecified atom stereocenters. The maximum absolute atomic E-state index is 2.95. The summed E-state index contributed by atoms with van der Waals surface area (Å²) < 4.78 is 0. The smallest absolute Gasteiger partial charge is 0.00257 e. The van der Waals surface area contributed by atoms with Gasteiger partial charge in [-0.25, -0.2) is 0 Å². The van der Waals surface area contributed by atoms with Crippen molar-refractivity contribution in [3.05, 3.63) is 70.8 Å². The van der Waals surface area contributed by atoms with E-state index in [1.165, 1.54) is 22.3 Å². The predicted octanol–water partition coefficient (Wildman–Crippen LogP) is 4.46. The predicted molar refractivity (Wildman–Crippen MR) is 78.5 cm³/mol. The number of aryl methyl sites for hydroxylation is 2. The molecular formula is C16H19P. The van der Waals surface area contributed by atoms with Crippen molar-refractivity contribution in [1.29, 1.82) is 0 Å².